The molecule has 0 aliphatic heterocycles. The summed E-state index contributed by atoms with van der Waals surface area (Å²) in [5, 5.41) is 0. The molecule has 1 heteroatoms. The molecule has 0 spiro atoms. The summed E-state index contributed by atoms with van der Waals surface area (Å²) < 4.78 is 6.16. The monoisotopic (exact) mass is 282 g/mol. The van der Waals surface area contributed by atoms with Gasteiger partial charge in [-0.1, -0.05) is 69.7 Å². The Morgan fingerprint density at radius 2 is 1.57 bits per heavy atom. The Morgan fingerprint density at radius 3 is 2.14 bits per heavy atom. The molecule has 0 amide bonds. The molecule has 112 valence electrons. The molecule has 21 heavy (non-hydrogen) atoms. The number of rotatable bonds is 7. The van der Waals surface area contributed by atoms with Gasteiger partial charge >= 0.3 is 0 Å². The highest BCUT2D eigenvalue weighted by atomic mass is 16.5. The molecule has 0 aliphatic rings. The lowest BCUT2D eigenvalue weighted by molar-refractivity contribution is 0.194. The van der Waals surface area contributed by atoms with Crippen LogP contribution < -0.4 is 4.74 Å². The molecule has 2 aromatic rings. The molecule has 1 nitrogen and oxygen atoms in total. The molecule has 1 atom stereocenters. The van der Waals surface area contributed by atoms with E-state index in [0.29, 0.717) is 5.92 Å². The maximum Gasteiger partial charge on any atom is 0.124 e. The first-order valence-corrected chi connectivity index (χ1v) is 7.99. The SMILES string of the molecule is CCC[C@H](Oc1ccccc1)c1ccc(CC(C)C)cc1. The molecular formula is C20H26O. The Morgan fingerprint density at radius 1 is 0.905 bits per heavy atom. The van der Waals surface area contributed by atoms with Gasteiger partial charge in [-0.15, -0.1) is 0 Å². The minimum atomic E-state index is 0.144. The van der Waals surface area contributed by atoms with Gasteiger partial charge in [-0.25, -0.2) is 0 Å². The van der Waals surface area contributed by atoms with Crippen LogP contribution in [-0.4, -0.2) is 0 Å². The van der Waals surface area contributed by atoms with E-state index < -0.39 is 0 Å². The number of benzene rings is 2. The Balaban J connectivity index is 2.10. The van der Waals surface area contributed by atoms with Crippen molar-refractivity contribution in [2.24, 2.45) is 5.92 Å². The van der Waals surface area contributed by atoms with Gasteiger partial charge in [0.15, 0.2) is 0 Å². The Bertz CT molecular complexity index is 513. The third kappa shape index (κ3) is 4.93. The molecule has 0 aromatic heterocycles. The Hall–Kier alpha value is -1.76. The molecule has 0 saturated heterocycles. The maximum absolute atomic E-state index is 6.16. The molecule has 0 radical (unpaired) electrons. The summed E-state index contributed by atoms with van der Waals surface area (Å²) in [6.45, 7) is 6.72. The van der Waals surface area contributed by atoms with Gasteiger partial charge in [0.2, 0.25) is 0 Å². The summed E-state index contributed by atoms with van der Waals surface area (Å²) in [5.74, 6) is 1.64. The van der Waals surface area contributed by atoms with Crippen LogP contribution in [0, 0.1) is 5.92 Å². The predicted octanol–water partition coefficient (Wildman–Crippen LogP) is 5.81. The summed E-state index contributed by atoms with van der Waals surface area (Å²) >= 11 is 0. The number of hydrogen-bond acceptors (Lipinski definition) is 1. The lowest BCUT2D eigenvalue weighted by atomic mass is 9.99. The fourth-order valence-electron chi connectivity index (χ4n) is 2.56. The molecular weight excluding hydrogens is 256 g/mol. The number of ether oxygens (including phenoxy) is 1. The van der Waals surface area contributed by atoms with Gasteiger partial charge in [0, 0.05) is 0 Å². The van der Waals surface area contributed by atoms with E-state index >= 15 is 0 Å². The zero-order valence-electron chi connectivity index (χ0n) is 13.4. The maximum atomic E-state index is 6.16. The van der Waals surface area contributed by atoms with Crippen LogP contribution in [-0.2, 0) is 6.42 Å². The summed E-state index contributed by atoms with van der Waals surface area (Å²) in [5.41, 5.74) is 2.68. The van der Waals surface area contributed by atoms with Crippen LogP contribution in [0.3, 0.4) is 0 Å². The van der Waals surface area contributed by atoms with Crippen LogP contribution in [0.25, 0.3) is 0 Å². The normalized spacial score (nSPS) is 12.4. The topological polar surface area (TPSA) is 9.23 Å². The van der Waals surface area contributed by atoms with E-state index in [4.69, 9.17) is 4.74 Å². The summed E-state index contributed by atoms with van der Waals surface area (Å²) in [6.07, 6.45) is 3.44. The third-order valence-corrected chi connectivity index (χ3v) is 3.57. The van der Waals surface area contributed by atoms with E-state index in [0.717, 1.165) is 25.0 Å². The highest BCUT2D eigenvalue weighted by Crippen LogP contribution is 2.26. The summed E-state index contributed by atoms with van der Waals surface area (Å²) in [4.78, 5) is 0. The molecule has 0 saturated carbocycles. The van der Waals surface area contributed by atoms with Gasteiger partial charge in [-0.2, -0.15) is 0 Å². The van der Waals surface area contributed by atoms with Crippen molar-refractivity contribution in [3.05, 3.63) is 65.7 Å². The quantitative estimate of drug-likeness (QED) is 0.623. The van der Waals surface area contributed by atoms with Crippen molar-refractivity contribution >= 4 is 0 Å². The number of hydrogen-bond donors (Lipinski definition) is 0. The average Bonchev–Trinajstić information content (AvgIpc) is 2.48. The standard InChI is InChI=1S/C20H26O/c1-4-8-20(21-19-9-6-5-7-10-19)18-13-11-17(12-14-18)15-16(2)3/h5-7,9-14,16,20H,4,8,15H2,1-3H3/t20-/m0/s1. The van der Waals surface area contributed by atoms with Crippen LogP contribution in [0.1, 0.15) is 50.8 Å². The molecule has 0 heterocycles. The van der Waals surface area contributed by atoms with E-state index in [-0.39, 0.29) is 6.10 Å². The smallest absolute Gasteiger partial charge is 0.124 e. The van der Waals surface area contributed by atoms with E-state index in [1.807, 2.05) is 30.3 Å². The summed E-state index contributed by atoms with van der Waals surface area (Å²) in [6, 6.07) is 19.0. The van der Waals surface area contributed by atoms with Crippen molar-refractivity contribution in [1.29, 1.82) is 0 Å². The first kappa shape index (κ1) is 15.6. The van der Waals surface area contributed by atoms with E-state index in [1.165, 1.54) is 11.1 Å². The molecule has 0 bridgehead atoms. The minimum Gasteiger partial charge on any atom is -0.486 e. The van der Waals surface area contributed by atoms with Gasteiger partial charge in [0.1, 0.15) is 11.9 Å². The third-order valence-electron chi connectivity index (χ3n) is 3.57. The fourth-order valence-corrected chi connectivity index (χ4v) is 2.56. The molecule has 2 aromatic carbocycles. The van der Waals surface area contributed by atoms with Crippen molar-refractivity contribution in [1.82, 2.24) is 0 Å². The van der Waals surface area contributed by atoms with Crippen LogP contribution in [0.5, 0.6) is 5.75 Å². The van der Waals surface area contributed by atoms with E-state index in [9.17, 15) is 0 Å². The molecule has 2 rings (SSSR count). The second-order valence-corrected chi connectivity index (χ2v) is 6.05. The van der Waals surface area contributed by atoms with Crippen molar-refractivity contribution in [3.63, 3.8) is 0 Å². The van der Waals surface area contributed by atoms with Crippen LogP contribution in [0.15, 0.2) is 54.6 Å². The van der Waals surface area contributed by atoms with Crippen LogP contribution >= 0.6 is 0 Å². The average molecular weight is 282 g/mol. The number of para-hydroxylation sites is 1. The molecule has 0 aliphatic carbocycles. The van der Waals surface area contributed by atoms with Crippen molar-refractivity contribution in [3.8, 4) is 5.75 Å². The minimum absolute atomic E-state index is 0.144. The predicted molar refractivity (Wildman–Crippen MR) is 89.7 cm³/mol. The van der Waals surface area contributed by atoms with Crippen molar-refractivity contribution in [2.45, 2.75) is 46.1 Å². The zero-order valence-corrected chi connectivity index (χ0v) is 13.4. The van der Waals surface area contributed by atoms with Crippen LogP contribution in [0.4, 0.5) is 0 Å². The fraction of sp³-hybridized carbons (Fsp3) is 0.400. The van der Waals surface area contributed by atoms with Crippen molar-refractivity contribution in [2.75, 3.05) is 0 Å². The van der Waals surface area contributed by atoms with E-state index in [2.05, 4.69) is 45.0 Å². The highest BCUT2D eigenvalue weighted by Gasteiger charge is 2.12. The second-order valence-electron chi connectivity index (χ2n) is 6.05. The van der Waals surface area contributed by atoms with Crippen LogP contribution in [0.2, 0.25) is 0 Å². The van der Waals surface area contributed by atoms with Gasteiger partial charge in [-0.3, -0.25) is 0 Å². The Kier molecular flexibility index (Phi) is 5.86. The largest absolute Gasteiger partial charge is 0.486 e. The first-order chi connectivity index (χ1) is 10.2. The highest BCUT2D eigenvalue weighted by molar-refractivity contribution is 5.27. The lowest BCUT2D eigenvalue weighted by Crippen LogP contribution is -2.07. The van der Waals surface area contributed by atoms with Gasteiger partial charge in [-0.05, 0) is 42.0 Å². The lowest BCUT2D eigenvalue weighted by Gasteiger charge is -2.19. The molecule has 0 unspecified atom stereocenters. The molecule has 0 N–H and O–H groups in total. The van der Waals surface area contributed by atoms with Gasteiger partial charge < -0.3 is 4.74 Å². The molecule has 0 fully saturated rings. The van der Waals surface area contributed by atoms with Gasteiger partial charge in [0.25, 0.3) is 0 Å². The first-order valence-electron chi connectivity index (χ1n) is 7.99. The second kappa shape index (κ2) is 7.87. The summed E-state index contributed by atoms with van der Waals surface area (Å²) in [7, 11) is 0. The Labute approximate surface area is 129 Å². The van der Waals surface area contributed by atoms with Gasteiger partial charge in [0.05, 0.1) is 0 Å². The van der Waals surface area contributed by atoms with Crippen molar-refractivity contribution < 1.29 is 4.74 Å². The zero-order chi connectivity index (χ0) is 15.1. The van der Waals surface area contributed by atoms with E-state index in [1.54, 1.807) is 0 Å².